The zero-order chi connectivity index (χ0) is 14.0. The van der Waals surface area contributed by atoms with E-state index in [4.69, 9.17) is 11.1 Å². The van der Waals surface area contributed by atoms with E-state index in [0.29, 0.717) is 5.69 Å². The lowest BCUT2D eigenvalue weighted by Crippen LogP contribution is -2.31. The van der Waals surface area contributed by atoms with Gasteiger partial charge in [0.2, 0.25) is 0 Å². The van der Waals surface area contributed by atoms with Crippen molar-refractivity contribution in [3.8, 4) is 0 Å². The molecular weight excluding hydrogens is 255 g/mol. The molecule has 1 aromatic rings. The van der Waals surface area contributed by atoms with E-state index in [1.807, 2.05) is 4.90 Å². The van der Waals surface area contributed by atoms with Crippen molar-refractivity contribution < 1.29 is 13.2 Å². The molecule has 0 unspecified atom stereocenters. The smallest absolute Gasteiger partial charge is 0.384 e. The Labute approximate surface area is 109 Å². The highest BCUT2D eigenvalue weighted by Gasteiger charge is 2.31. The van der Waals surface area contributed by atoms with Crippen molar-refractivity contribution in [1.82, 2.24) is 0 Å². The van der Waals surface area contributed by atoms with Crippen molar-refractivity contribution in [2.24, 2.45) is 5.73 Å². The molecule has 1 aliphatic heterocycles. The lowest BCUT2D eigenvalue weighted by molar-refractivity contribution is -0.137. The van der Waals surface area contributed by atoms with Crippen LogP contribution in [0.25, 0.3) is 0 Å². The van der Waals surface area contributed by atoms with Gasteiger partial charge in [0.15, 0.2) is 0 Å². The minimum atomic E-state index is -4.41. The Morgan fingerprint density at radius 1 is 1.16 bits per heavy atom. The van der Waals surface area contributed by atoms with Gasteiger partial charge in [0, 0.05) is 24.3 Å². The second-order valence-corrected chi connectivity index (χ2v) is 4.69. The largest absolute Gasteiger partial charge is 0.416 e. The highest BCUT2D eigenvalue weighted by atomic mass is 19.4. The van der Waals surface area contributed by atoms with Gasteiger partial charge in [-0.05, 0) is 37.5 Å². The molecule has 1 aromatic carbocycles. The van der Waals surface area contributed by atoms with E-state index in [2.05, 4.69) is 0 Å². The van der Waals surface area contributed by atoms with Gasteiger partial charge in [0.05, 0.1) is 5.56 Å². The zero-order valence-electron chi connectivity index (χ0n) is 10.4. The standard InChI is InChI=1S/C13H16F3N3/c14-13(15,16)9-4-5-11(10(8-9)12(17)18)19-6-2-1-3-7-19/h4-5,8H,1-3,6-7H2,(H3,17,18). The molecular formula is C13H16F3N3. The fraction of sp³-hybridized carbons (Fsp3) is 0.462. The molecule has 0 aliphatic carbocycles. The molecule has 3 N–H and O–H groups in total. The van der Waals surface area contributed by atoms with Crippen LogP contribution < -0.4 is 10.6 Å². The van der Waals surface area contributed by atoms with E-state index in [0.717, 1.165) is 44.5 Å². The Morgan fingerprint density at radius 3 is 2.32 bits per heavy atom. The van der Waals surface area contributed by atoms with Gasteiger partial charge in [-0.3, -0.25) is 5.41 Å². The van der Waals surface area contributed by atoms with Gasteiger partial charge >= 0.3 is 6.18 Å². The van der Waals surface area contributed by atoms with Crippen molar-refractivity contribution in [2.45, 2.75) is 25.4 Å². The molecule has 1 saturated heterocycles. The average Bonchev–Trinajstić information content (AvgIpc) is 2.38. The van der Waals surface area contributed by atoms with Crippen LogP contribution >= 0.6 is 0 Å². The van der Waals surface area contributed by atoms with Crippen LogP contribution in [0.1, 0.15) is 30.4 Å². The quantitative estimate of drug-likeness (QED) is 0.641. The van der Waals surface area contributed by atoms with Crippen LogP contribution in [-0.4, -0.2) is 18.9 Å². The van der Waals surface area contributed by atoms with Crippen LogP contribution in [0.3, 0.4) is 0 Å². The summed E-state index contributed by atoms with van der Waals surface area (Å²) < 4.78 is 38.0. The van der Waals surface area contributed by atoms with E-state index in [1.54, 1.807) is 0 Å². The topological polar surface area (TPSA) is 53.1 Å². The van der Waals surface area contributed by atoms with Crippen LogP contribution in [0.2, 0.25) is 0 Å². The molecule has 19 heavy (non-hydrogen) atoms. The first kappa shape index (κ1) is 13.7. The Kier molecular flexibility index (Phi) is 3.68. The summed E-state index contributed by atoms with van der Waals surface area (Å²) in [5.74, 6) is -0.327. The van der Waals surface area contributed by atoms with Crippen molar-refractivity contribution in [1.29, 1.82) is 5.41 Å². The molecule has 3 nitrogen and oxygen atoms in total. The number of halogens is 3. The fourth-order valence-corrected chi connectivity index (χ4v) is 2.34. The van der Waals surface area contributed by atoms with Gasteiger partial charge in [-0.2, -0.15) is 13.2 Å². The summed E-state index contributed by atoms with van der Waals surface area (Å²) in [4.78, 5) is 2.00. The fourth-order valence-electron chi connectivity index (χ4n) is 2.34. The summed E-state index contributed by atoms with van der Waals surface area (Å²) in [7, 11) is 0. The Morgan fingerprint density at radius 2 is 1.79 bits per heavy atom. The third kappa shape index (κ3) is 3.00. The minimum absolute atomic E-state index is 0.164. The number of alkyl halides is 3. The lowest BCUT2D eigenvalue weighted by atomic mass is 10.0. The second-order valence-electron chi connectivity index (χ2n) is 4.69. The summed E-state index contributed by atoms with van der Waals surface area (Å²) in [5.41, 5.74) is 5.45. The van der Waals surface area contributed by atoms with Crippen LogP contribution in [0.5, 0.6) is 0 Å². The van der Waals surface area contributed by atoms with Gasteiger partial charge in [0.1, 0.15) is 5.84 Å². The Bertz CT molecular complexity index is 477. The van der Waals surface area contributed by atoms with Gasteiger partial charge in [-0.1, -0.05) is 0 Å². The number of nitrogen functional groups attached to an aromatic ring is 1. The molecule has 0 spiro atoms. The summed E-state index contributed by atoms with van der Waals surface area (Å²) in [6.45, 7) is 1.59. The van der Waals surface area contributed by atoms with Crippen molar-refractivity contribution in [3.63, 3.8) is 0 Å². The Balaban J connectivity index is 2.40. The number of nitrogens with two attached hydrogens (primary N) is 1. The SMILES string of the molecule is N=C(N)c1cc(C(F)(F)F)ccc1N1CCCCC1. The maximum Gasteiger partial charge on any atom is 0.416 e. The lowest BCUT2D eigenvalue weighted by Gasteiger charge is -2.30. The van der Waals surface area contributed by atoms with Gasteiger partial charge in [0.25, 0.3) is 0 Å². The summed E-state index contributed by atoms with van der Waals surface area (Å²) in [6.07, 6.45) is -1.26. The normalized spacial score (nSPS) is 16.5. The number of piperidine rings is 1. The zero-order valence-corrected chi connectivity index (χ0v) is 10.4. The number of hydrogen-bond acceptors (Lipinski definition) is 2. The van der Waals surface area contributed by atoms with Gasteiger partial charge < -0.3 is 10.6 Å². The molecule has 0 bridgehead atoms. The highest BCUT2D eigenvalue weighted by Crippen LogP contribution is 2.33. The summed E-state index contributed by atoms with van der Waals surface area (Å²) in [5, 5.41) is 7.48. The van der Waals surface area contributed by atoms with Gasteiger partial charge in [-0.15, -0.1) is 0 Å². The Hall–Kier alpha value is -1.72. The number of nitrogens with one attached hydrogen (secondary N) is 1. The molecule has 2 rings (SSSR count). The molecule has 1 fully saturated rings. The monoisotopic (exact) mass is 271 g/mol. The maximum atomic E-state index is 12.7. The molecule has 1 heterocycles. The van der Waals surface area contributed by atoms with Crippen LogP contribution in [0.15, 0.2) is 18.2 Å². The first-order valence-corrected chi connectivity index (χ1v) is 6.20. The third-order valence-corrected chi connectivity index (χ3v) is 3.31. The van der Waals surface area contributed by atoms with E-state index < -0.39 is 11.7 Å². The van der Waals surface area contributed by atoms with Crippen LogP contribution in [-0.2, 0) is 6.18 Å². The number of hydrogen-bond donors (Lipinski definition) is 2. The second kappa shape index (κ2) is 5.11. The van der Waals surface area contributed by atoms with E-state index >= 15 is 0 Å². The molecule has 0 aromatic heterocycles. The number of nitrogens with zero attached hydrogens (tertiary/aromatic N) is 1. The number of amidine groups is 1. The predicted molar refractivity (Wildman–Crippen MR) is 68.5 cm³/mol. The summed E-state index contributed by atoms with van der Waals surface area (Å²) in [6, 6.07) is 3.44. The molecule has 0 atom stereocenters. The van der Waals surface area contributed by atoms with Crippen molar-refractivity contribution in [3.05, 3.63) is 29.3 Å². The van der Waals surface area contributed by atoms with Crippen LogP contribution in [0, 0.1) is 5.41 Å². The number of anilines is 1. The molecule has 0 radical (unpaired) electrons. The predicted octanol–water partition coefficient (Wildman–Crippen LogP) is 2.98. The van der Waals surface area contributed by atoms with Crippen molar-refractivity contribution >= 4 is 11.5 Å². The molecule has 0 saturated carbocycles. The first-order chi connectivity index (χ1) is 8.89. The minimum Gasteiger partial charge on any atom is -0.384 e. The maximum absolute atomic E-state index is 12.7. The molecule has 1 aliphatic rings. The van der Waals surface area contributed by atoms with E-state index in [9.17, 15) is 13.2 Å². The first-order valence-electron chi connectivity index (χ1n) is 6.20. The van der Waals surface area contributed by atoms with E-state index in [-0.39, 0.29) is 11.4 Å². The number of benzene rings is 1. The van der Waals surface area contributed by atoms with E-state index in [1.165, 1.54) is 6.07 Å². The summed E-state index contributed by atoms with van der Waals surface area (Å²) >= 11 is 0. The van der Waals surface area contributed by atoms with Crippen LogP contribution in [0.4, 0.5) is 18.9 Å². The highest BCUT2D eigenvalue weighted by molar-refractivity contribution is 6.00. The molecule has 6 heteroatoms. The molecule has 104 valence electrons. The molecule has 0 amide bonds. The third-order valence-electron chi connectivity index (χ3n) is 3.31. The number of rotatable bonds is 2. The van der Waals surface area contributed by atoms with Gasteiger partial charge in [-0.25, -0.2) is 0 Å². The van der Waals surface area contributed by atoms with Crippen molar-refractivity contribution in [2.75, 3.05) is 18.0 Å². The average molecular weight is 271 g/mol.